The number of carbonyl (C=O) groups is 1. The van der Waals surface area contributed by atoms with Crippen molar-refractivity contribution in [1.29, 1.82) is 0 Å². The number of pyridine rings is 1. The van der Waals surface area contributed by atoms with Crippen molar-refractivity contribution in [3.63, 3.8) is 0 Å². The maximum atomic E-state index is 11.8. The number of amides is 1. The molecule has 0 bridgehead atoms. The Hall–Kier alpha value is -2.36. The number of phenolic OH excluding ortho intramolecular Hbond substituents is 1. The average Bonchev–Trinajstić information content (AvgIpc) is 2.38. The van der Waals surface area contributed by atoms with Crippen molar-refractivity contribution < 1.29 is 9.90 Å². The van der Waals surface area contributed by atoms with Crippen LogP contribution in [0.1, 0.15) is 17.5 Å². The van der Waals surface area contributed by atoms with Gasteiger partial charge in [0.1, 0.15) is 11.6 Å². The van der Waals surface area contributed by atoms with E-state index in [1.54, 1.807) is 18.3 Å². The highest BCUT2D eigenvalue weighted by atomic mass is 16.3. The Morgan fingerprint density at radius 1 is 1.32 bits per heavy atom. The van der Waals surface area contributed by atoms with Gasteiger partial charge >= 0.3 is 0 Å². The van der Waals surface area contributed by atoms with E-state index in [1.807, 2.05) is 31.2 Å². The van der Waals surface area contributed by atoms with Crippen LogP contribution < -0.4 is 5.32 Å². The Kier molecular flexibility index (Phi) is 4.13. The Labute approximate surface area is 112 Å². The first-order valence-electron chi connectivity index (χ1n) is 6.14. The molecule has 0 fully saturated rings. The number of para-hydroxylation sites is 1. The Balaban J connectivity index is 1.90. The molecule has 19 heavy (non-hydrogen) atoms. The number of benzene rings is 1. The highest BCUT2D eigenvalue weighted by molar-refractivity contribution is 5.89. The number of phenols is 1. The van der Waals surface area contributed by atoms with Gasteiger partial charge in [-0.05, 0) is 42.7 Å². The lowest BCUT2D eigenvalue weighted by Crippen LogP contribution is -2.13. The number of nitrogens with one attached hydrogen (secondary N) is 1. The topological polar surface area (TPSA) is 62.2 Å². The molecule has 0 saturated carbocycles. The van der Waals surface area contributed by atoms with Crippen LogP contribution in [0.4, 0.5) is 5.82 Å². The molecule has 0 aliphatic heterocycles. The third kappa shape index (κ3) is 3.81. The van der Waals surface area contributed by atoms with Crippen LogP contribution in [-0.2, 0) is 11.2 Å². The lowest BCUT2D eigenvalue weighted by molar-refractivity contribution is -0.116. The van der Waals surface area contributed by atoms with E-state index in [1.165, 1.54) is 0 Å². The molecule has 4 nitrogen and oxygen atoms in total. The first kappa shape index (κ1) is 13.1. The molecular weight excluding hydrogens is 240 g/mol. The predicted octanol–water partition coefficient (Wildman–Crippen LogP) is 2.67. The van der Waals surface area contributed by atoms with Gasteiger partial charge in [-0.15, -0.1) is 0 Å². The zero-order valence-corrected chi connectivity index (χ0v) is 10.8. The van der Waals surface area contributed by atoms with Crippen molar-refractivity contribution in [1.82, 2.24) is 4.98 Å². The van der Waals surface area contributed by atoms with Gasteiger partial charge in [-0.2, -0.15) is 0 Å². The van der Waals surface area contributed by atoms with Crippen LogP contribution in [0.2, 0.25) is 0 Å². The van der Waals surface area contributed by atoms with Gasteiger partial charge in [-0.25, -0.2) is 4.98 Å². The Bertz CT molecular complexity index is 582. The summed E-state index contributed by atoms with van der Waals surface area (Å²) in [6, 6.07) is 10.7. The van der Waals surface area contributed by atoms with Gasteiger partial charge in [0.15, 0.2) is 0 Å². The summed E-state index contributed by atoms with van der Waals surface area (Å²) in [6.07, 6.45) is 2.48. The molecule has 0 unspecified atom stereocenters. The molecule has 2 aromatic rings. The van der Waals surface area contributed by atoms with Crippen LogP contribution in [0, 0.1) is 6.92 Å². The fourth-order valence-electron chi connectivity index (χ4n) is 1.78. The SMILES string of the molecule is Cc1ccnc(NC(=O)CCc2ccccc2O)c1. The summed E-state index contributed by atoms with van der Waals surface area (Å²) in [7, 11) is 0. The monoisotopic (exact) mass is 256 g/mol. The van der Waals surface area contributed by atoms with Crippen molar-refractivity contribution in [3.8, 4) is 5.75 Å². The summed E-state index contributed by atoms with van der Waals surface area (Å²) < 4.78 is 0. The van der Waals surface area contributed by atoms with Crippen LogP contribution >= 0.6 is 0 Å². The van der Waals surface area contributed by atoms with Crippen LogP contribution in [-0.4, -0.2) is 16.0 Å². The van der Waals surface area contributed by atoms with Crippen LogP contribution in [0.5, 0.6) is 5.75 Å². The summed E-state index contributed by atoms with van der Waals surface area (Å²) >= 11 is 0. The second kappa shape index (κ2) is 6.00. The molecule has 98 valence electrons. The minimum Gasteiger partial charge on any atom is -0.508 e. The van der Waals surface area contributed by atoms with Crippen molar-refractivity contribution in [2.75, 3.05) is 5.32 Å². The summed E-state index contributed by atoms with van der Waals surface area (Å²) in [4.78, 5) is 15.8. The molecular formula is C15H16N2O2. The van der Waals surface area contributed by atoms with Crippen LogP contribution in [0.15, 0.2) is 42.6 Å². The van der Waals surface area contributed by atoms with E-state index in [4.69, 9.17) is 0 Å². The van der Waals surface area contributed by atoms with E-state index < -0.39 is 0 Å². The fourth-order valence-corrected chi connectivity index (χ4v) is 1.78. The molecule has 0 aliphatic rings. The highest BCUT2D eigenvalue weighted by Gasteiger charge is 2.06. The van der Waals surface area contributed by atoms with Gasteiger partial charge < -0.3 is 10.4 Å². The summed E-state index contributed by atoms with van der Waals surface area (Å²) in [5.41, 5.74) is 1.82. The number of aryl methyl sites for hydroxylation is 2. The quantitative estimate of drug-likeness (QED) is 0.884. The van der Waals surface area contributed by atoms with E-state index >= 15 is 0 Å². The third-order valence-electron chi connectivity index (χ3n) is 2.80. The summed E-state index contributed by atoms with van der Waals surface area (Å²) in [5.74, 6) is 0.674. The maximum absolute atomic E-state index is 11.8. The van der Waals surface area contributed by atoms with Crippen LogP contribution in [0.3, 0.4) is 0 Å². The van der Waals surface area contributed by atoms with E-state index in [0.717, 1.165) is 11.1 Å². The molecule has 0 radical (unpaired) electrons. The molecule has 0 spiro atoms. The number of rotatable bonds is 4. The van der Waals surface area contributed by atoms with E-state index in [0.29, 0.717) is 18.7 Å². The Morgan fingerprint density at radius 3 is 2.84 bits per heavy atom. The zero-order chi connectivity index (χ0) is 13.7. The summed E-state index contributed by atoms with van der Waals surface area (Å²) in [6.45, 7) is 1.94. The highest BCUT2D eigenvalue weighted by Crippen LogP contribution is 2.17. The van der Waals surface area contributed by atoms with Crippen molar-refractivity contribution in [2.45, 2.75) is 19.8 Å². The molecule has 4 heteroatoms. The van der Waals surface area contributed by atoms with Gasteiger partial charge in [0.05, 0.1) is 0 Å². The molecule has 0 aliphatic carbocycles. The number of hydrogen-bond donors (Lipinski definition) is 2. The van der Waals surface area contributed by atoms with Crippen molar-refractivity contribution in [3.05, 3.63) is 53.7 Å². The fraction of sp³-hybridized carbons (Fsp3) is 0.200. The molecule has 0 saturated heterocycles. The molecule has 2 rings (SSSR count). The molecule has 2 N–H and O–H groups in total. The second-order valence-corrected chi connectivity index (χ2v) is 4.40. The van der Waals surface area contributed by atoms with E-state index in [9.17, 15) is 9.90 Å². The van der Waals surface area contributed by atoms with Crippen molar-refractivity contribution in [2.24, 2.45) is 0 Å². The average molecular weight is 256 g/mol. The number of anilines is 1. The first-order valence-corrected chi connectivity index (χ1v) is 6.14. The molecule has 1 aromatic heterocycles. The van der Waals surface area contributed by atoms with Crippen LogP contribution in [0.25, 0.3) is 0 Å². The van der Waals surface area contributed by atoms with Gasteiger partial charge in [0, 0.05) is 12.6 Å². The maximum Gasteiger partial charge on any atom is 0.225 e. The van der Waals surface area contributed by atoms with Gasteiger partial charge in [-0.3, -0.25) is 4.79 Å². The van der Waals surface area contributed by atoms with Gasteiger partial charge in [0.25, 0.3) is 0 Å². The number of hydrogen-bond acceptors (Lipinski definition) is 3. The normalized spacial score (nSPS) is 10.2. The predicted molar refractivity (Wildman–Crippen MR) is 74.0 cm³/mol. The van der Waals surface area contributed by atoms with E-state index in [-0.39, 0.29) is 11.7 Å². The lowest BCUT2D eigenvalue weighted by Gasteiger charge is -2.06. The zero-order valence-electron chi connectivity index (χ0n) is 10.8. The minimum absolute atomic E-state index is 0.110. The lowest BCUT2D eigenvalue weighted by atomic mass is 10.1. The largest absolute Gasteiger partial charge is 0.508 e. The van der Waals surface area contributed by atoms with Gasteiger partial charge in [-0.1, -0.05) is 18.2 Å². The summed E-state index contributed by atoms with van der Waals surface area (Å²) in [5, 5.41) is 12.3. The second-order valence-electron chi connectivity index (χ2n) is 4.40. The third-order valence-corrected chi connectivity index (χ3v) is 2.80. The number of nitrogens with zero attached hydrogens (tertiary/aromatic N) is 1. The first-order chi connectivity index (χ1) is 9.15. The Morgan fingerprint density at radius 2 is 2.11 bits per heavy atom. The number of aromatic nitrogens is 1. The minimum atomic E-state index is -0.110. The molecule has 0 atom stereocenters. The molecule has 1 heterocycles. The van der Waals surface area contributed by atoms with Crippen molar-refractivity contribution >= 4 is 11.7 Å². The number of aromatic hydroxyl groups is 1. The van der Waals surface area contributed by atoms with Gasteiger partial charge in [0.2, 0.25) is 5.91 Å². The molecule has 1 aromatic carbocycles. The van der Waals surface area contributed by atoms with E-state index in [2.05, 4.69) is 10.3 Å². The molecule has 1 amide bonds. The number of carbonyl (C=O) groups excluding carboxylic acids is 1. The smallest absolute Gasteiger partial charge is 0.225 e. The standard InChI is InChI=1S/C15H16N2O2/c1-11-8-9-16-14(10-11)17-15(19)7-6-12-4-2-3-5-13(12)18/h2-5,8-10,18H,6-7H2,1H3,(H,16,17,19).